The molecule has 6 nitrogen and oxygen atoms in total. The van der Waals surface area contributed by atoms with Crippen LogP contribution in [0.4, 0.5) is 5.82 Å². The van der Waals surface area contributed by atoms with Gasteiger partial charge in [-0.1, -0.05) is 0 Å². The number of piperazine rings is 1. The lowest BCUT2D eigenvalue weighted by atomic mass is 9.89. The molecule has 28 heavy (non-hydrogen) atoms. The zero-order valence-electron chi connectivity index (χ0n) is 17.4. The van der Waals surface area contributed by atoms with Gasteiger partial charge < -0.3 is 9.80 Å². The number of nitrogens with zero attached hydrogens (tertiary/aromatic N) is 6. The Morgan fingerprint density at radius 3 is 2.46 bits per heavy atom. The maximum atomic E-state index is 4.85. The topological polar surface area (TPSA) is 48.4 Å². The normalized spacial score (nSPS) is 21.0. The summed E-state index contributed by atoms with van der Waals surface area (Å²) in [5, 5.41) is 0. The van der Waals surface area contributed by atoms with Crippen LogP contribution >= 0.6 is 0 Å². The van der Waals surface area contributed by atoms with E-state index < -0.39 is 0 Å². The van der Waals surface area contributed by atoms with E-state index in [9.17, 15) is 0 Å². The van der Waals surface area contributed by atoms with E-state index in [1.165, 1.54) is 39.0 Å². The first kappa shape index (κ1) is 19.3. The predicted octanol–water partition coefficient (Wildman–Crippen LogP) is 2.70. The van der Waals surface area contributed by atoms with E-state index >= 15 is 0 Å². The van der Waals surface area contributed by atoms with E-state index in [1.807, 2.05) is 25.3 Å². The van der Waals surface area contributed by atoms with Crippen LogP contribution in [0.15, 0.2) is 30.6 Å². The van der Waals surface area contributed by atoms with Gasteiger partial charge in [0, 0.05) is 75.0 Å². The highest BCUT2D eigenvalue weighted by atomic mass is 15.3. The highest BCUT2D eigenvalue weighted by Crippen LogP contribution is 2.28. The Hall–Kier alpha value is -2.05. The average Bonchev–Trinajstić information content (AvgIpc) is 2.74. The van der Waals surface area contributed by atoms with Crippen molar-refractivity contribution >= 4 is 5.82 Å². The summed E-state index contributed by atoms with van der Waals surface area (Å²) in [6.07, 6.45) is 6.09. The minimum atomic E-state index is 0.675. The van der Waals surface area contributed by atoms with Crippen LogP contribution in [-0.4, -0.2) is 77.1 Å². The molecule has 0 spiro atoms. The van der Waals surface area contributed by atoms with Gasteiger partial charge in [-0.05, 0) is 51.8 Å². The summed E-state index contributed by atoms with van der Waals surface area (Å²) in [5.74, 6) is 2.61. The molecule has 0 amide bonds. The van der Waals surface area contributed by atoms with Crippen molar-refractivity contribution in [3.63, 3.8) is 0 Å². The third-order valence-electron chi connectivity index (χ3n) is 6.42. The number of likely N-dealkylation sites (N-methyl/N-ethyl adjacent to an activating group) is 1. The fourth-order valence-corrected chi connectivity index (χ4v) is 4.48. The SMILES string of the molecule is Cc1cc(N2CCC(C(C)N3CCN(C)CC3)CC2)nc(-c2cccnc2)n1. The van der Waals surface area contributed by atoms with E-state index in [4.69, 9.17) is 4.98 Å². The van der Waals surface area contributed by atoms with Gasteiger partial charge in [0.2, 0.25) is 0 Å². The molecule has 0 N–H and O–H groups in total. The van der Waals surface area contributed by atoms with Crippen molar-refractivity contribution in [2.24, 2.45) is 5.92 Å². The van der Waals surface area contributed by atoms with Gasteiger partial charge in [-0.2, -0.15) is 0 Å². The lowest BCUT2D eigenvalue weighted by molar-refractivity contribution is 0.0813. The summed E-state index contributed by atoms with van der Waals surface area (Å²) < 4.78 is 0. The van der Waals surface area contributed by atoms with Crippen LogP contribution in [0.5, 0.6) is 0 Å². The molecule has 1 unspecified atom stereocenters. The van der Waals surface area contributed by atoms with Crippen LogP contribution in [-0.2, 0) is 0 Å². The highest BCUT2D eigenvalue weighted by molar-refractivity contribution is 5.56. The maximum Gasteiger partial charge on any atom is 0.163 e. The molecule has 2 aromatic rings. The molecule has 2 fully saturated rings. The second-order valence-corrected chi connectivity index (χ2v) is 8.34. The molecule has 1 atom stereocenters. The molecule has 0 bridgehead atoms. The van der Waals surface area contributed by atoms with Gasteiger partial charge in [-0.25, -0.2) is 9.97 Å². The molecular weight excluding hydrogens is 348 g/mol. The molecule has 0 aliphatic carbocycles. The lowest BCUT2D eigenvalue weighted by Gasteiger charge is -2.43. The Balaban J connectivity index is 1.40. The van der Waals surface area contributed by atoms with Gasteiger partial charge >= 0.3 is 0 Å². The lowest BCUT2D eigenvalue weighted by Crippen LogP contribution is -2.51. The molecule has 0 saturated carbocycles. The van der Waals surface area contributed by atoms with Gasteiger partial charge in [0.15, 0.2) is 5.82 Å². The first-order valence-corrected chi connectivity index (χ1v) is 10.5. The molecule has 2 saturated heterocycles. The van der Waals surface area contributed by atoms with E-state index in [0.717, 1.165) is 41.9 Å². The third-order valence-corrected chi connectivity index (χ3v) is 6.42. The standard InChI is InChI=1S/C22H32N6/c1-17-15-21(25-22(24-17)20-5-4-8-23-16-20)28-9-6-19(7-10-28)18(2)27-13-11-26(3)12-14-27/h4-5,8,15-16,18-19H,6-7,9-14H2,1-3H3. The summed E-state index contributed by atoms with van der Waals surface area (Å²) in [6, 6.07) is 6.75. The monoisotopic (exact) mass is 380 g/mol. The van der Waals surface area contributed by atoms with Crippen molar-refractivity contribution in [1.29, 1.82) is 0 Å². The molecule has 4 heterocycles. The summed E-state index contributed by atoms with van der Waals surface area (Å²) in [7, 11) is 2.23. The van der Waals surface area contributed by atoms with Crippen LogP contribution in [0.25, 0.3) is 11.4 Å². The summed E-state index contributed by atoms with van der Waals surface area (Å²) >= 11 is 0. The second-order valence-electron chi connectivity index (χ2n) is 8.34. The number of rotatable bonds is 4. The quantitative estimate of drug-likeness (QED) is 0.813. The number of hydrogen-bond acceptors (Lipinski definition) is 6. The van der Waals surface area contributed by atoms with E-state index in [2.05, 4.69) is 44.7 Å². The molecule has 0 radical (unpaired) electrons. The molecule has 2 aliphatic heterocycles. The van der Waals surface area contributed by atoms with E-state index in [1.54, 1.807) is 6.20 Å². The Morgan fingerprint density at radius 2 is 1.79 bits per heavy atom. The number of aromatic nitrogens is 3. The van der Waals surface area contributed by atoms with Crippen LogP contribution in [0.1, 0.15) is 25.5 Å². The van der Waals surface area contributed by atoms with Crippen molar-refractivity contribution in [2.75, 3.05) is 51.2 Å². The minimum absolute atomic E-state index is 0.675. The summed E-state index contributed by atoms with van der Waals surface area (Å²) in [5.41, 5.74) is 1.99. The Bertz CT molecular complexity index is 764. The Morgan fingerprint density at radius 1 is 1.04 bits per heavy atom. The number of pyridine rings is 1. The molecule has 2 aliphatic rings. The number of anilines is 1. The van der Waals surface area contributed by atoms with Crippen LogP contribution in [0.2, 0.25) is 0 Å². The zero-order valence-corrected chi connectivity index (χ0v) is 17.4. The van der Waals surface area contributed by atoms with Gasteiger partial charge in [0.05, 0.1) is 0 Å². The third kappa shape index (κ3) is 4.33. The van der Waals surface area contributed by atoms with Crippen LogP contribution < -0.4 is 4.90 Å². The van der Waals surface area contributed by atoms with Crippen molar-refractivity contribution in [3.8, 4) is 11.4 Å². The molecule has 150 valence electrons. The first-order chi connectivity index (χ1) is 13.6. The van der Waals surface area contributed by atoms with Gasteiger partial charge in [0.25, 0.3) is 0 Å². The fraction of sp³-hybridized carbons (Fsp3) is 0.591. The zero-order chi connectivity index (χ0) is 19.5. The fourth-order valence-electron chi connectivity index (χ4n) is 4.48. The Kier molecular flexibility index (Phi) is 5.87. The van der Waals surface area contributed by atoms with Crippen LogP contribution in [0.3, 0.4) is 0 Å². The largest absolute Gasteiger partial charge is 0.356 e. The van der Waals surface area contributed by atoms with Crippen molar-refractivity contribution in [3.05, 3.63) is 36.3 Å². The van der Waals surface area contributed by atoms with E-state index in [0.29, 0.717) is 6.04 Å². The second kappa shape index (κ2) is 8.53. The first-order valence-electron chi connectivity index (χ1n) is 10.5. The van der Waals surface area contributed by atoms with Gasteiger partial charge in [-0.15, -0.1) is 0 Å². The van der Waals surface area contributed by atoms with Gasteiger partial charge in [0.1, 0.15) is 5.82 Å². The minimum Gasteiger partial charge on any atom is -0.356 e. The predicted molar refractivity (Wildman–Crippen MR) is 113 cm³/mol. The maximum absolute atomic E-state index is 4.85. The summed E-state index contributed by atoms with van der Waals surface area (Å²) in [4.78, 5) is 21.2. The van der Waals surface area contributed by atoms with Crippen LogP contribution in [0, 0.1) is 12.8 Å². The van der Waals surface area contributed by atoms with Crippen molar-refractivity contribution in [1.82, 2.24) is 24.8 Å². The number of piperidine rings is 1. The molecule has 2 aromatic heterocycles. The van der Waals surface area contributed by atoms with E-state index in [-0.39, 0.29) is 0 Å². The number of hydrogen-bond donors (Lipinski definition) is 0. The van der Waals surface area contributed by atoms with Crippen molar-refractivity contribution in [2.45, 2.75) is 32.7 Å². The molecule has 0 aromatic carbocycles. The van der Waals surface area contributed by atoms with Crippen molar-refractivity contribution < 1.29 is 0 Å². The summed E-state index contributed by atoms with van der Waals surface area (Å²) in [6.45, 7) is 11.4. The smallest absolute Gasteiger partial charge is 0.163 e. The average molecular weight is 381 g/mol. The molecule has 6 heteroatoms. The highest BCUT2D eigenvalue weighted by Gasteiger charge is 2.29. The molecule has 4 rings (SSSR count). The Labute approximate surface area is 168 Å². The van der Waals surface area contributed by atoms with Gasteiger partial charge in [-0.3, -0.25) is 9.88 Å². The molecular formula is C22H32N6. The number of aryl methyl sites for hydroxylation is 1.